The number of ether oxygens (including phenoxy) is 3. The van der Waals surface area contributed by atoms with Crippen molar-refractivity contribution < 1.29 is 32.6 Å². The third kappa shape index (κ3) is 4.50. The average Bonchev–Trinajstić information content (AvgIpc) is 2.95. The summed E-state index contributed by atoms with van der Waals surface area (Å²) in [6, 6.07) is 0. The summed E-state index contributed by atoms with van der Waals surface area (Å²) in [5, 5.41) is 0. The lowest BCUT2D eigenvalue weighted by atomic mass is 9.96. The quantitative estimate of drug-likeness (QED) is 0.511. The van der Waals surface area contributed by atoms with Crippen LogP contribution < -0.4 is 11.4 Å². The van der Waals surface area contributed by atoms with Crippen molar-refractivity contribution in [3.8, 4) is 0 Å². The van der Waals surface area contributed by atoms with E-state index < -0.39 is 71.8 Å². The lowest BCUT2D eigenvalue weighted by Gasteiger charge is -2.31. The van der Waals surface area contributed by atoms with Gasteiger partial charge in [0, 0.05) is 0 Å². The zero-order valence-corrected chi connectivity index (χ0v) is 17.1. The number of aromatic nitrogens is 2. The van der Waals surface area contributed by atoms with E-state index in [2.05, 4.69) is 11.6 Å². The van der Waals surface area contributed by atoms with Crippen LogP contribution in [0, 0.1) is 17.7 Å². The molecule has 2 rings (SSSR count). The second-order valence-electron chi connectivity index (χ2n) is 7.55. The Morgan fingerprint density at radius 2 is 1.97 bits per heavy atom. The maximum absolute atomic E-state index is 15.4. The summed E-state index contributed by atoms with van der Waals surface area (Å²) in [4.78, 5) is 39.5. The first-order chi connectivity index (χ1) is 13.9. The molecule has 30 heavy (non-hydrogen) atoms. The summed E-state index contributed by atoms with van der Waals surface area (Å²) in [5.74, 6) is -4.17. The van der Waals surface area contributed by atoms with Crippen LogP contribution in [0.25, 0.3) is 0 Å². The number of carbonyl (C=O) groups is 2. The molecule has 0 unspecified atom stereocenters. The Hall–Kier alpha value is -2.82. The molecule has 1 aliphatic heterocycles. The summed E-state index contributed by atoms with van der Waals surface area (Å²) in [6.45, 7) is 9.32. The number of nitrogens with two attached hydrogens (primary N) is 1. The molecule has 9 nitrogen and oxygen atoms in total. The summed E-state index contributed by atoms with van der Waals surface area (Å²) in [7, 11) is 0. The van der Waals surface area contributed by atoms with Crippen molar-refractivity contribution in [1.82, 2.24) is 9.55 Å². The molecule has 1 aromatic heterocycles. The standard InChI is InChI=1S/C19H25F2N3O6/c1-6-19(8-28-16(25)9(2)3)13(29-17(26)10(4)5)12(21)15(30-19)24-7-11(20)14(22)23-18(24)27/h6-7,9-10,12-13,15H,1,8H2,2-5H3,(H2,22,23,27)/t12-,13-,15+,19+/m0/s1. The number of hydrogen-bond acceptors (Lipinski definition) is 8. The van der Waals surface area contributed by atoms with Crippen LogP contribution in [0.4, 0.5) is 14.6 Å². The molecule has 2 heterocycles. The van der Waals surface area contributed by atoms with Crippen LogP contribution in [0.2, 0.25) is 0 Å². The van der Waals surface area contributed by atoms with Crippen molar-refractivity contribution >= 4 is 17.8 Å². The van der Waals surface area contributed by atoms with Crippen LogP contribution in [0.1, 0.15) is 33.9 Å². The van der Waals surface area contributed by atoms with Gasteiger partial charge < -0.3 is 19.9 Å². The first-order valence-corrected chi connectivity index (χ1v) is 9.30. The van der Waals surface area contributed by atoms with Gasteiger partial charge in [-0.05, 0) is 0 Å². The minimum Gasteiger partial charge on any atom is -0.462 e. The van der Waals surface area contributed by atoms with Gasteiger partial charge in [0.05, 0.1) is 18.0 Å². The van der Waals surface area contributed by atoms with Crippen LogP contribution >= 0.6 is 0 Å². The fourth-order valence-electron chi connectivity index (χ4n) is 2.74. The van der Waals surface area contributed by atoms with E-state index in [1.807, 2.05) is 0 Å². The van der Waals surface area contributed by atoms with Crippen LogP contribution in [-0.4, -0.2) is 46.0 Å². The lowest BCUT2D eigenvalue weighted by molar-refractivity contribution is -0.172. The Labute approximate surface area is 171 Å². The van der Waals surface area contributed by atoms with E-state index in [1.54, 1.807) is 27.7 Å². The fourth-order valence-corrected chi connectivity index (χ4v) is 2.74. The third-order valence-corrected chi connectivity index (χ3v) is 4.56. The molecule has 1 saturated heterocycles. The van der Waals surface area contributed by atoms with E-state index in [0.29, 0.717) is 10.8 Å². The van der Waals surface area contributed by atoms with Crippen molar-refractivity contribution in [3.05, 3.63) is 35.2 Å². The normalized spacial score (nSPS) is 26.1. The molecule has 0 spiro atoms. The van der Waals surface area contributed by atoms with Gasteiger partial charge in [-0.25, -0.2) is 13.6 Å². The van der Waals surface area contributed by atoms with E-state index in [0.717, 1.165) is 6.08 Å². The van der Waals surface area contributed by atoms with E-state index in [1.165, 1.54) is 0 Å². The number of nitrogens with zero attached hydrogens (tertiary/aromatic N) is 2. The molecule has 1 aromatic rings. The Balaban J connectivity index is 2.48. The zero-order valence-electron chi connectivity index (χ0n) is 17.1. The Morgan fingerprint density at radius 3 is 2.50 bits per heavy atom. The van der Waals surface area contributed by atoms with Gasteiger partial charge >= 0.3 is 17.6 Å². The highest BCUT2D eigenvalue weighted by atomic mass is 19.1. The summed E-state index contributed by atoms with van der Waals surface area (Å²) < 4.78 is 45.9. The average molecular weight is 429 g/mol. The second-order valence-corrected chi connectivity index (χ2v) is 7.55. The monoisotopic (exact) mass is 429 g/mol. The molecule has 2 N–H and O–H groups in total. The first kappa shape index (κ1) is 23.5. The van der Waals surface area contributed by atoms with Crippen LogP contribution in [0.3, 0.4) is 0 Å². The predicted molar refractivity (Wildman–Crippen MR) is 101 cm³/mol. The maximum Gasteiger partial charge on any atom is 0.351 e. The molecule has 0 aromatic carbocycles. The molecule has 0 saturated carbocycles. The first-order valence-electron chi connectivity index (χ1n) is 9.30. The van der Waals surface area contributed by atoms with Gasteiger partial charge in [-0.1, -0.05) is 40.3 Å². The highest BCUT2D eigenvalue weighted by Gasteiger charge is 2.58. The molecule has 4 atom stereocenters. The molecule has 0 aliphatic carbocycles. The van der Waals surface area contributed by atoms with E-state index in [9.17, 15) is 18.8 Å². The number of alkyl halides is 1. The van der Waals surface area contributed by atoms with E-state index in [4.69, 9.17) is 19.9 Å². The molecule has 0 bridgehead atoms. The number of halogens is 2. The van der Waals surface area contributed by atoms with Gasteiger partial charge in [-0.3, -0.25) is 14.2 Å². The predicted octanol–water partition coefficient (Wildman–Crippen LogP) is 1.52. The van der Waals surface area contributed by atoms with Gasteiger partial charge in [-0.2, -0.15) is 4.98 Å². The van der Waals surface area contributed by atoms with E-state index in [-0.39, 0.29) is 0 Å². The SMILES string of the molecule is C=C[C@]1(COC(=O)C(C)C)O[C@@H](n2cc(F)c(N)nc2=O)[C@@H](F)[C@@H]1OC(=O)C(C)C. The molecule has 0 amide bonds. The number of carbonyl (C=O) groups excluding carboxylic acids is 2. The van der Waals surface area contributed by atoms with Crippen molar-refractivity contribution in [2.75, 3.05) is 12.3 Å². The molecule has 166 valence electrons. The molecule has 0 radical (unpaired) electrons. The summed E-state index contributed by atoms with van der Waals surface area (Å²) in [6.07, 6.45) is -3.73. The van der Waals surface area contributed by atoms with Gasteiger partial charge in [0.25, 0.3) is 0 Å². The minimum atomic E-state index is -2.13. The molecule has 1 fully saturated rings. The highest BCUT2D eigenvalue weighted by molar-refractivity contribution is 5.72. The van der Waals surface area contributed by atoms with Gasteiger partial charge in [0.15, 0.2) is 35.7 Å². The number of rotatable bonds is 7. The Morgan fingerprint density at radius 1 is 1.37 bits per heavy atom. The fraction of sp³-hybridized carbons (Fsp3) is 0.579. The van der Waals surface area contributed by atoms with Gasteiger partial charge in [0.1, 0.15) is 6.61 Å². The van der Waals surface area contributed by atoms with Crippen LogP contribution in [0.5, 0.6) is 0 Å². The summed E-state index contributed by atoms with van der Waals surface area (Å²) >= 11 is 0. The Bertz CT molecular complexity index is 888. The van der Waals surface area contributed by atoms with Crippen LogP contribution in [0.15, 0.2) is 23.6 Å². The molecule has 1 aliphatic rings. The topological polar surface area (TPSA) is 123 Å². The number of nitrogen functional groups attached to an aromatic ring is 1. The third-order valence-electron chi connectivity index (χ3n) is 4.56. The zero-order chi connectivity index (χ0) is 22.8. The molecular formula is C19H25F2N3O6. The molecular weight excluding hydrogens is 404 g/mol. The van der Waals surface area contributed by atoms with Crippen molar-refractivity contribution in [1.29, 1.82) is 0 Å². The largest absolute Gasteiger partial charge is 0.462 e. The van der Waals surface area contributed by atoms with Crippen LogP contribution in [-0.2, 0) is 23.8 Å². The van der Waals surface area contributed by atoms with E-state index >= 15 is 4.39 Å². The summed E-state index contributed by atoms with van der Waals surface area (Å²) in [5.41, 5.74) is 2.36. The van der Waals surface area contributed by atoms with Crippen molar-refractivity contribution in [2.45, 2.75) is 51.8 Å². The Kier molecular flexibility index (Phi) is 6.96. The second kappa shape index (κ2) is 8.90. The lowest BCUT2D eigenvalue weighted by Crippen LogP contribution is -2.48. The van der Waals surface area contributed by atoms with Gasteiger partial charge in [0.2, 0.25) is 0 Å². The molecule has 11 heteroatoms. The maximum atomic E-state index is 15.4. The smallest absolute Gasteiger partial charge is 0.351 e. The number of hydrogen-bond donors (Lipinski definition) is 1. The van der Waals surface area contributed by atoms with Crippen molar-refractivity contribution in [2.24, 2.45) is 11.8 Å². The van der Waals surface area contributed by atoms with Gasteiger partial charge in [-0.15, -0.1) is 0 Å². The highest BCUT2D eigenvalue weighted by Crippen LogP contribution is 2.42. The number of esters is 2. The minimum absolute atomic E-state index is 0.486. The number of anilines is 1. The van der Waals surface area contributed by atoms with Crippen molar-refractivity contribution in [3.63, 3.8) is 0 Å².